The largest absolute Gasteiger partial charge is 0.469 e. The number of hydrogen-bond acceptors (Lipinski definition) is 6. The molecule has 1 saturated heterocycles. The van der Waals surface area contributed by atoms with Crippen LogP contribution in [0.5, 0.6) is 0 Å². The SMILES string of the molecule is CCOC(=O)N1CCN(C(=O)CCN(Cc2ccco2)C(=O)c2ccoc2C)CC1. The number of piperazine rings is 1. The fourth-order valence-corrected chi connectivity index (χ4v) is 3.36. The van der Waals surface area contributed by atoms with Crippen molar-refractivity contribution in [3.8, 4) is 0 Å². The zero-order valence-corrected chi connectivity index (χ0v) is 17.3. The van der Waals surface area contributed by atoms with Gasteiger partial charge in [0.1, 0.15) is 11.5 Å². The van der Waals surface area contributed by atoms with E-state index in [2.05, 4.69) is 0 Å². The molecule has 9 nitrogen and oxygen atoms in total. The average molecular weight is 417 g/mol. The number of carbonyl (C=O) groups is 3. The van der Waals surface area contributed by atoms with Crippen LogP contribution in [-0.4, -0.2) is 71.9 Å². The molecular formula is C21H27N3O6. The van der Waals surface area contributed by atoms with Crippen molar-refractivity contribution in [2.75, 3.05) is 39.3 Å². The van der Waals surface area contributed by atoms with Crippen LogP contribution < -0.4 is 0 Å². The molecule has 0 N–H and O–H groups in total. The molecule has 3 heterocycles. The number of nitrogens with zero attached hydrogens (tertiary/aromatic N) is 3. The van der Waals surface area contributed by atoms with Gasteiger partial charge in [0.25, 0.3) is 5.91 Å². The molecule has 0 radical (unpaired) electrons. The van der Waals surface area contributed by atoms with E-state index in [-0.39, 0.29) is 37.4 Å². The highest BCUT2D eigenvalue weighted by Crippen LogP contribution is 2.16. The quantitative estimate of drug-likeness (QED) is 0.687. The smallest absolute Gasteiger partial charge is 0.409 e. The van der Waals surface area contributed by atoms with E-state index in [0.29, 0.717) is 49.9 Å². The van der Waals surface area contributed by atoms with Crippen molar-refractivity contribution in [1.29, 1.82) is 0 Å². The molecule has 1 aliphatic rings. The molecule has 0 aliphatic carbocycles. The zero-order chi connectivity index (χ0) is 21.5. The molecule has 0 saturated carbocycles. The van der Waals surface area contributed by atoms with Crippen LogP contribution in [0.4, 0.5) is 4.79 Å². The standard InChI is InChI=1S/C21H27N3O6/c1-3-28-21(27)23-11-9-22(10-12-23)19(25)6-8-24(15-17-5-4-13-30-17)20(26)18-7-14-29-16(18)2/h4-5,7,13-14H,3,6,8-12,15H2,1-2H3. The first-order valence-electron chi connectivity index (χ1n) is 10.0. The fraction of sp³-hybridized carbons (Fsp3) is 0.476. The van der Waals surface area contributed by atoms with E-state index in [1.165, 1.54) is 6.26 Å². The molecule has 0 atom stereocenters. The van der Waals surface area contributed by atoms with Gasteiger partial charge in [-0.1, -0.05) is 0 Å². The maximum absolute atomic E-state index is 13.0. The van der Waals surface area contributed by atoms with Gasteiger partial charge < -0.3 is 28.3 Å². The molecule has 0 unspecified atom stereocenters. The zero-order valence-electron chi connectivity index (χ0n) is 17.3. The Balaban J connectivity index is 1.57. The molecule has 3 amide bonds. The average Bonchev–Trinajstić information content (AvgIpc) is 3.42. The lowest BCUT2D eigenvalue weighted by Gasteiger charge is -2.34. The van der Waals surface area contributed by atoms with Crippen molar-refractivity contribution < 1.29 is 28.0 Å². The van der Waals surface area contributed by atoms with Crippen LogP contribution in [0.3, 0.4) is 0 Å². The van der Waals surface area contributed by atoms with Gasteiger partial charge in [-0.25, -0.2) is 4.79 Å². The second kappa shape index (κ2) is 10.00. The lowest BCUT2D eigenvalue weighted by molar-refractivity contribution is -0.133. The van der Waals surface area contributed by atoms with Gasteiger partial charge >= 0.3 is 6.09 Å². The molecule has 2 aromatic rings. The van der Waals surface area contributed by atoms with E-state index >= 15 is 0 Å². The van der Waals surface area contributed by atoms with E-state index in [4.69, 9.17) is 13.6 Å². The van der Waals surface area contributed by atoms with Crippen LogP contribution in [0, 0.1) is 6.92 Å². The van der Waals surface area contributed by atoms with Crippen LogP contribution in [0.2, 0.25) is 0 Å². The highest BCUT2D eigenvalue weighted by Gasteiger charge is 2.26. The van der Waals surface area contributed by atoms with E-state index in [1.54, 1.807) is 53.0 Å². The maximum atomic E-state index is 13.0. The first kappa shape index (κ1) is 21.5. The van der Waals surface area contributed by atoms with Crippen LogP contribution in [0.1, 0.15) is 35.2 Å². The number of furan rings is 2. The second-order valence-electron chi connectivity index (χ2n) is 7.01. The molecule has 30 heavy (non-hydrogen) atoms. The van der Waals surface area contributed by atoms with Gasteiger partial charge in [0, 0.05) is 39.1 Å². The second-order valence-corrected chi connectivity index (χ2v) is 7.01. The topological polar surface area (TPSA) is 96.4 Å². The van der Waals surface area contributed by atoms with Gasteiger partial charge in [-0.2, -0.15) is 0 Å². The summed E-state index contributed by atoms with van der Waals surface area (Å²) in [4.78, 5) is 42.4. The predicted molar refractivity (Wildman–Crippen MR) is 107 cm³/mol. The molecule has 0 bridgehead atoms. The summed E-state index contributed by atoms with van der Waals surface area (Å²) in [5, 5.41) is 0. The Kier molecular flexibility index (Phi) is 7.16. The summed E-state index contributed by atoms with van der Waals surface area (Å²) >= 11 is 0. The summed E-state index contributed by atoms with van der Waals surface area (Å²) < 4.78 is 15.6. The maximum Gasteiger partial charge on any atom is 0.409 e. The monoisotopic (exact) mass is 417 g/mol. The Hall–Kier alpha value is -3.23. The fourth-order valence-electron chi connectivity index (χ4n) is 3.36. The number of carbonyl (C=O) groups excluding carboxylic acids is 3. The highest BCUT2D eigenvalue weighted by molar-refractivity contribution is 5.95. The van der Waals surface area contributed by atoms with E-state index < -0.39 is 0 Å². The first-order chi connectivity index (χ1) is 14.5. The van der Waals surface area contributed by atoms with Gasteiger partial charge in [0.2, 0.25) is 5.91 Å². The molecule has 1 aliphatic heterocycles. The van der Waals surface area contributed by atoms with Crippen LogP contribution in [-0.2, 0) is 16.1 Å². The lowest BCUT2D eigenvalue weighted by atomic mass is 10.2. The van der Waals surface area contributed by atoms with Crippen molar-refractivity contribution >= 4 is 17.9 Å². The molecule has 3 rings (SSSR count). The minimum Gasteiger partial charge on any atom is -0.469 e. The normalized spacial score (nSPS) is 13.9. The van der Waals surface area contributed by atoms with Gasteiger partial charge in [0.15, 0.2) is 0 Å². The predicted octanol–water partition coefficient (Wildman–Crippen LogP) is 2.51. The minimum absolute atomic E-state index is 0.0559. The third-order valence-corrected chi connectivity index (χ3v) is 5.06. The van der Waals surface area contributed by atoms with Gasteiger partial charge in [-0.15, -0.1) is 0 Å². The molecule has 9 heteroatoms. The van der Waals surface area contributed by atoms with Crippen molar-refractivity contribution in [2.45, 2.75) is 26.8 Å². The summed E-state index contributed by atoms with van der Waals surface area (Å²) in [6.07, 6.45) is 2.86. The first-order valence-corrected chi connectivity index (χ1v) is 10.0. The highest BCUT2D eigenvalue weighted by atomic mass is 16.6. The van der Waals surface area contributed by atoms with E-state index in [0.717, 1.165) is 0 Å². The lowest BCUT2D eigenvalue weighted by Crippen LogP contribution is -2.51. The van der Waals surface area contributed by atoms with E-state index in [1.807, 2.05) is 0 Å². The van der Waals surface area contributed by atoms with Crippen molar-refractivity contribution in [3.05, 3.63) is 47.8 Å². The number of amides is 3. The Morgan fingerprint density at radius 1 is 1.07 bits per heavy atom. The number of hydrogen-bond donors (Lipinski definition) is 0. The third kappa shape index (κ3) is 5.22. The summed E-state index contributed by atoms with van der Waals surface area (Å²) in [6.45, 7) is 6.11. The van der Waals surface area contributed by atoms with Gasteiger partial charge in [-0.3, -0.25) is 9.59 Å². The Bertz CT molecular complexity index is 852. The number of aryl methyl sites for hydroxylation is 1. The van der Waals surface area contributed by atoms with Crippen molar-refractivity contribution in [2.24, 2.45) is 0 Å². The van der Waals surface area contributed by atoms with Crippen molar-refractivity contribution in [1.82, 2.24) is 14.7 Å². The van der Waals surface area contributed by atoms with Crippen LogP contribution in [0.25, 0.3) is 0 Å². The van der Waals surface area contributed by atoms with Gasteiger partial charge in [0.05, 0.1) is 31.2 Å². The summed E-state index contributed by atoms with van der Waals surface area (Å²) in [5.41, 5.74) is 0.469. The number of ether oxygens (including phenoxy) is 1. The molecule has 0 spiro atoms. The van der Waals surface area contributed by atoms with Crippen LogP contribution in [0.15, 0.2) is 39.6 Å². The molecule has 162 valence electrons. The molecule has 2 aromatic heterocycles. The minimum atomic E-state index is -0.352. The summed E-state index contributed by atoms with van der Waals surface area (Å²) in [7, 11) is 0. The molecular weight excluding hydrogens is 390 g/mol. The van der Waals surface area contributed by atoms with E-state index in [9.17, 15) is 14.4 Å². The third-order valence-electron chi connectivity index (χ3n) is 5.06. The van der Waals surface area contributed by atoms with Crippen LogP contribution >= 0.6 is 0 Å². The summed E-state index contributed by atoms with van der Waals surface area (Å²) in [5.74, 6) is 0.906. The molecule has 1 fully saturated rings. The van der Waals surface area contributed by atoms with Crippen molar-refractivity contribution in [3.63, 3.8) is 0 Å². The Morgan fingerprint density at radius 2 is 1.80 bits per heavy atom. The van der Waals surface area contributed by atoms with Gasteiger partial charge in [-0.05, 0) is 32.0 Å². The molecule has 0 aromatic carbocycles. The Labute approximate surface area is 175 Å². The summed E-state index contributed by atoms with van der Waals surface area (Å²) in [6, 6.07) is 5.18. The Morgan fingerprint density at radius 3 is 2.40 bits per heavy atom. The number of rotatable bonds is 7.